The molecule has 3 N–H and O–H groups in total. The topological polar surface area (TPSA) is 38.0 Å². The van der Waals surface area contributed by atoms with Crippen LogP contribution in [0.15, 0.2) is 18.2 Å². The first kappa shape index (κ1) is 12.3. The number of nitrogens with one attached hydrogen (secondary N) is 1. The molecule has 1 fully saturated rings. The van der Waals surface area contributed by atoms with Gasteiger partial charge in [0.15, 0.2) is 0 Å². The van der Waals surface area contributed by atoms with Gasteiger partial charge in [-0.15, -0.1) is 0 Å². The van der Waals surface area contributed by atoms with Crippen molar-refractivity contribution in [2.75, 3.05) is 11.1 Å². The van der Waals surface area contributed by atoms with Gasteiger partial charge in [-0.2, -0.15) is 0 Å². The highest BCUT2D eigenvalue weighted by Crippen LogP contribution is 2.31. The van der Waals surface area contributed by atoms with Gasteiger partial charge in [-0.3, -0.25) is 0 Å². The molecule has 17 heavy (non-hydrogen) atoms. The van der Waals surface area contributed by atoms with Gasteiger partial charge in [0.1, 0.15) is 0 Å². The molecular formula is C15H24N2. The van der Waals surface area contributed by atoms with E-state index in [1.807, 2.05) is 6.07 Å². The molecule has 1 aliphatic carbocycles. The van der Waals surface area contributed by atoms with Crippen LogP contribution in [-0.4, -0.2) is 6.04 Å². The Hall–Kier alpha value is -1.18. The van der Waals surface area contributed by atoms with Gasteiger partial charge >= 0.3 is 0 Å². The Bertz CT molecular complexity index is 377. The average molecular weight is 232 g/mol. The first-order valence-corrected chi connectivity index (χ1v) is 6.67. The van der Waals surface area contributed by atoms with Gasteiger partial charge in [0.25, 0.3) is 0 Å². The minimum absolute atomic E-state index is 0.582. The van der Waals surface area contributed by atoms with Crippen molar-refractivity contribution in [2.45, 2.75) is 46.1 Å². The highest BCUT2D eigenvalue weighted by molar-refractivity contribution is 5.67. The highest BCUT2D eigenvalue weighted by atomic mass is 14.9. The molecule has 0 aromatic heterocycles. The van der Waals surface area contributed by atoms with Crippen LogP contribution in [0.2, 0.25) is 0 Å². The number of benzene rings is 1. The number of nitrogen functional groups attached to an aromatic ring is 1. The van der Waals surface area contributed by atoms with E-state index in [1.165, 1.54) is 24.8 Å². The smallest absolute Gasteiger partial charge is 0.0576 e. The predicted molar refractivity (Wildman–Crippen MR) is 75.2 cm³/mol. The monoisotopic (exact) mass is 232 g/mol. The van der Waals surface area contributed by atoms with Crippen LogP contribution in [0.3, 0.4) is 0 Å². The van der Waals surface area contributed by atoms with Gasteiger partial charge in [0.2, 0.25) is 0 Å². The second kappa shape index (κ2) is 4.99. The van der Waals surface area contributed by atoms with E-state index >= 15 is 0 Å². The zero-order chi connectivity index (χ0) is 12.4. The van der Waals surface area contributed by atoms with Crippen LogP contribution in [0.5, 0.6) is 0 Å². The van der Waals surface area contributed by atoms with Crippen LogP contribution in [0.4, 0.5) is 11.4 Å². The van der Waals surface area contributed by atoms with Crippen molar-refractivity contribution in [1.82, 2.24) is 0 Å². The largest absolute Gasteiger partial charge is 0.397 e. The molecule has 2 nitrogen and oxygen atoms in total. The molecule has 2 heteroatoms. The fourth-order valence-electron chi connectivity index (χ4n) is 3.10. The molecule has 0 radical (unpaired) electrons. The van der Waals surface area contributed by atoms with Crippen molar-refractivity contribution in [3.8, 4) is 0 Å². The third-order valence-corrected chi connectivity index (χ3v) is 3.75. The molecule has 0 bridgehead atoms. The van der Waals surface area contributed by atoms with Gasteiger partial charge in [-0.05, 0) is 55.7 Å². The first-order chi connectivity index (χ1) is 8.04. The van der Waals surface area contributed by atoms with E-state index in [1.54, 1.807) is 0 Å². The summed E-state index contributed by atoms with van der Waals surface area (Å²) in [5.41, 5.74) is 9.24. The molecule has 94 valence electrons. The number of nitrogens with two attached hydrogens (primary N) is 1. The number of hydrogen-bond donors (Lipinski definition) is 2. The van der Waals surface area contributed by atoms with Crippen molar-refractivity contribution in [3.05, 3.63) is 23.8 Å². The molecule has 0 spiro atoms. The second-order valence-corrected chi connectivity index (χ2v) is 5.85. The molecule has 2 atom stereocenters. The SMILES string of the molecule is Cc1ccc(NC2CC(C)CC(C)C2)c(N)c1. The number of anilines is 2. The molecule has 2 unspecified atom stereocenters. The molecule has 2 rings (SSSR count). The summed E-state index contributed by atoms with van der Waals surface area (Å²) in [4.78, 5) is 0. The number of hydrogen-bond acceptors (Lipinski definition) is 2. The number of aryl methyl sites for hydroxylation is 1. The summed E-state index contributed by atoms with van der Waals surface area (Å²) in [6, 6.07) is 6.85. The van der Waals surface area contributed by atoms with Crippen molar-refractivity contribution < 1.29 is 0 Å². The van der Waals surface area contributed by atoms with Crippen LogP contribution in [0.25, 0.3) is 0 Å². The quantitative estimate of drug-likeness (QED) is 0.761. The molecule has 0 aliphatic heterocycles. The van der Waals surface area contributed by atoms with E-state index < -0.39 is 0 Å². The van der Waals surface area contributed by atoms with E-state index in [0.717, 1.165) is 23.2 Å². The summed E-state index contributed by atoms with van der Waals surface area (Å²) >= 11 is 0. The third-order valence-electron chi connectivity index (χ3n) is 3.75. The van der Waals surface area contributed by atoms with Gasteiger partial charge in [0, 0.05) is 6.04 Å². The summed E-state index contributed by atoms with van der Waals surface area (Å²) < 4.78 is 0. The van der Waals surface area contributed by atoms with Gasteiger partial charge in [-0.1, -0.05) is 19.9 Å². The predicted octanol–water partition coefficient (Wildman–Crippen LogP) is 3.81. The van der Waals surface area contributed by atoms with Gasteiger partial charge < -0.3 is 11.1 Å². The summed E-state index contributed by atoms with van der Waals surface area (Å²) in [7, 11) is 0. The molecule has 0 heterocycles. The van der Waals surface area contributed by atoms with E-state index in [2.05, 4.69) is 38.2 Å². The lowest BCUT2D eigenvalue weighted by Crippen LogP contribution is -2.30. The van der Waals surface area contributed by atoms with Crippen LogP contribution in [-0.2, 0) is 0 Å². The van der Waals surface area contributed by atoms with E-state index in [9.17, 15) is 0 Å². The van der Waals surface area contributed by atoms with E-state index in [0.29, 0.717) is 6.04 Å². The van der Waals surface area contributed by atoms with Crippen molar-refractivity contribution in [1.29, 1.82) is 0 Å². The Kier molecular flexibility index (Phi) is 3.60. The normalized spacial score (nSPS) is 29.0. The fraction of sp³-hybridized carbons (Fsp3) is 0.600. The van der Waals surface area contributed by atoms with Crippen LogP contribution >= 0.6 is 0 Å². The Morgan fingerprint density at radius 2 is 1.76 bits per heavy atom. The molecule has 1 aromatic rings. The van der Waals surface area contributed by atoms with Crippen molar-refractivity contribution in [3.63, 3.8) is 0 Å². The maximum absolute atomic E-state index is 6.05. The molecule has 0 saturated heterocycles. The van der Waals surface area contributed by atoms with E-state index in [-0.39, 0.29) is 0 Å². The molecule has 0 amide bonds. The van der Waals surface area contributed by atoms with Crippen molar-refractivity contribution >= 4 is 11.4 Å². The van der Waals surface area contributed by atoms with Crippen molar-refractivity contribution in [2.24, 2.45) is 11.8 Å². The average Bonchev–Trinajstić information content (AvgIpc) is 2.21. The maximum atomic E-state index is 6.05. The van der Waals surface area contributed by atoms with Gasteiger partial charge in [0.05, 0.1) is 11.4 Å². The Morgan fingerprint density at radius 1 is 1.12 bits per heavy atom. The lowest BCUT2D eigenvalue weighted by Gasteiger charge is -2.33. The third kappa shape index (κ3) is 3.15. The van der Waals surface area contributed by atoms with Gasteiger partial charge in [-0.25, -0.2) is 0 Å². The summed E-state index contributed by atoms with van der Waals surface area (Å²) in [6.45, 7) is 6.77. The van der Waals surface area contributed by atoms with Crippen LogP contribution < -0.4 is 11.1 Å². The molecular weight excluding hydrogens is 208 g/mol. The lowest BCUT2D eigenvalue weighted by atomic mass is 9.80. The standard InChI is InChI=1S/C15H24N2/c1-10-4-5-15(14(16)9-10)17-13-7-11(2)6-12(3)8-13/h4-5,9,11-13,17H,6-8,16H2,1-3H3. The zero-order valence-corrected chi connectivity index (χ0v) is 11.2. The first-order valence-electron chi connectivity index (χ1n) is 6.67. The summed E-state index contributed by atoms with van der Waals surface area (Å²) in [5.74, 6) is 1.64. The lowest BCUT2D eigenvalue weighted by molar-refractivity contribution is 0.281. The number of rotatable bonds is 2. The Balaban J connectivity index is 2.04. The maximum Gasteiger partial charge on any atom is 0.0576 e. The molecule has 1 aliphatic rings. The summed E-state index contributed by atoms with van der Waals surface area (Å²) in [5, 5.41) is 3.61. The van der Waals surface area contributed by atoms with E-state index in [4.69, 9.17) is 5.73 Å². The minimum Gasteiger partial charge on any atom is -0.397 e. The minimum atomic E-state index is 0.582. The van der Waals surface area contributed by atoms with Crippen LogP contribution in [0.1, 0.15) is 38.7 Å². The Labute approximate surface area is 105 Å². The zero-order valence-electron chi connectivity index (χ0n) is 11.2. The molecule has 1 saturated carbocycles. The fourth-order valence-corrected chi connectivity index (χ4v) is 3.10. The molecule has 1 aromatic carbocycles. The van der Waals surface area contributed by atoms with Crippen LogP contribution in [0, 0.1) is 18.8 Å². The second-order valence-electron chi connectivity index (χ2n) is 5.85. The highest BCUT2D eigenvalue weighted by Gasteiger charge is 2.23. The summed E-state index contributed by atoms with van der Waals surface area (Å²) in [6.07, 6.45) is 3.89. The Morgan fingerprint density at radius 3 is 2.35 bits per heavy atom.